The lowest BCUT2D eigenvalue weighted by Crippen LogP contribution is -2.41. The van der Waals surface area contributed by atoms with Gasteiger partial charge in [0.15, 0.2) is 4.32 Å². The highest BCUT2D eigenvalue weighted by atomic mass is 32.2. The largest absolute Gasteiger partial charge is 0.287 e. The highest BCUT2D eigenvalue weighted by Gasteiger charge is 2.15. The molecule has 0 aromatic heterocycles. The fraction of sp³-hybridized carbons (Fsp3) is 0.385. The van der Waals surface area contributed by atoms with E-state index < -0.39 is 11.6 Å². The molecule has 7 heteroatoms. The molecule has 110 valence electrons. The van der Waals surface area contributed by atoms with Gasteiger partial charge in [0.1, 0.15) is 17.5 Å². The number of hydrazine groups is 1. The van der Waals surface area contributed by atoms with Crippen LogP contribution in [0.25, 0.3) is 0 Å². The molecule has 1 aromatic carbocycles. The SMILES string of the molecule is CSC(=S)NNC1=NCCC1C.Fc1cccc(F)c1. The number of hydrogen-bond donors (Lipinski definition) is 2. The first-order chi connectivity index (χ1) is 9.52. The van der Waals surface area contributed by atoms with Crippen LogP contribution in [0, 0.1) is 17.6 Å². The van der Waals surface area contributed by atoms with Gasteiger partial charge in [-0.25, -0.2) is 8.78 Å². The van der Waals surface area contributed by atoms with Gasteiger partial charge in [0, 0.05) is 18.5 Å². The van der Waals surface area contributed by atoms with Gasteiger partial charge >= 0.3 is 0 Å². The van der Waals surface area contributed by atoms with Crippen LogP contribution in [0.15, 0.2) is 29.3 Å². The summed E-state index contributed by atoms with van der Waals surface area (Å²) in [6.07, 6.45) is 3.08. The molecular formula is C13H17F2N3S2. The Morgan fingerprint density at radius 2 is 2.05 bits per heavy atom. The van der Waals surface area contributed by atoms with Crippen LogP contribution < -0.4 is 10.9 Å². The first kappa shape index (κ1) is 16.8. The maximum atomic E-state index is 11.9. The van der Waals surface area contributed by atoms with E-state index >= 15 is 0 Å². The molecule has 0 radical (unpaired) electrons. The standard InChI is InChI=1S/C7H13N3S2.C6H4F2/c1-5-3-4-8-6(5)9-10-7(11)12-2;7-5-2-1-3-6(8)4-5/h5H,3-4H2,1-2H3,(H,8,9)(H,10,11);1-4H. The lowest BCUT2D eigenvalue weighted by atomic mass is 10.1. The monoisotopic (exact) mass is 317 g/mol. The summed E-state index contributed by atoms with van der Waals surface area (Å²) in [5.74, 6) is 0.476. The lowest BCUT2D eigenvalue weighted by Gasteiger charge is -2.11. The van der Waals surface area contributed by atoms with Crippen molar-refractivity contribution in [1.82, 2.24) is 10.9 Å². The molecule has 3 nitrogen and oxygen atoms in total. The molecule has 0 aliphatic carbocycles. The zero-order valence-electron chi connectivity index (χ0n) is 11.3. The number of nitrogens with one attached hydrogen (secondary N) is 2. The van der Waals surface area contributed by atoms with Gasteiger partial charge in [0.25, 0.3) is 0 Å². The van der Waals surface area contributed by atoms with Crippen molar-refractivity contribution in [2.45, 2.75) is 13.3 Å². The fourth-order valence-corrected chi connectivity index (χ4v) is 1.66. The van der Waals surface area contributed by atoms with E-state index in [9.17, 15) is 8.78 Å². The third-order valence-electron chi connectivity index (χ3n) is 2.58. The van der Waals surface area contributed by atoms with Crippen LogP contribution in [-0.4, -0.2) is 23.0 Å². The molecule has 20 heavy (non-hydrogen) atoms. The minimum Gasteiger partial charge on any atom is -0.287 e. The smallest absolute Gasteiger partial charge is 0.152 e. The maximum Gasteiger partial charge on any atom is 0.152 e. The Morgan fingerprint density at radius 3 is 2.45 bits per heavy atom. The molecule has 1 atom stereocenters. The van der Waals surface area contributed by atoms with Gasteiger partial charge in [-0.1, -0.05) is 37.0 Å². The Bertz CT molecular complexity index is 463. The number of halogens is 2. The number of amidine groups is 1. The average Bonchev–Trinajstić information content (AvgIpc) is 2.82. The van der Waals surface area contributed by atoms with Crippen molar-refractivity contribution >= 4 is 34.1 Å². The summed E-state index contributed by atoms with van der Waals surface area (Å²) in [4.78, 5) is 4.30. The highest BCUT2D eigenvalue weighted by Crippen LogP contribution is 2.10. The second kappa shape index (κ2) is 8.86. The highest BCUT2D eigenvalue weighted by molar-refractivity contribution is 8.22. The summed E-state index contributed by atoms with van der Waals surface area (Å²) in [6.45, 7) is 3.08. The van der Waals surface area contributed by atoms with Crippen LogP contribution in [-0.2, 0) is 0 Å². The molecule has 1 unspecified atom stereocenters. The summed E-state index contributed by atoms with van der Waals surface area (Å²) in [6, 6.07) is 4.55. The first-order valence-electron chi connectivity index (χ1n) is 6.08. The molecule has 0 saturated carbocycles. The quantitative estimate of drug-likeness (QED) is 0.569. The molecule has 0 fully saturated rings. The lowest BCUT2D eigenvalue weighted by molar-refractivity contribution is 0.583. The maximum absolute atomic E-state index is 11.9. The molecule has 1 aliphatic rings. The topological polar surface area (TPSA) is 36.4 Å². The van der Waals surface area contributed by atoms with Crippen LogP contribution in [0.2, 0.25) is 0 Å². The van der Waals surface area contributed by atoms with Gasteiger partial charge in [-0.2, -0.15) is 0 Å². The Morgan fingerprint density at radius 1 is 1.40 bits per heavy atom. The third-order valence-corrected chi connectivity index (χ3v) is 3.65. The Hall–Kier alpha value is -1.21. The van der Waals surface area contributed by atoms with Crippen molar-refractivity contribution in [2.24, 2.45) is 10.9 Å². The van der Waals surface area contributed by atoms with Crippen LogP contribution in [0.4, 0.5) is 8.78 Å². The zero-order chi connectivity index (χ0) is 15.0. The van der Waals surface area contributed by atoms with E-state index in [4.69, 9.17) is 12.2 Å². The summed E-state index contributed by atoms with van der Waals surface area (Å²) in [7, 11) is 0. The van der Waals surface area contributed by atoms with Crippen LogP contribution >= 0.6 is 24.0 Å². The number of hydrogen-bond acceptors (Lipinski definition) is 4. The zero-order valence-corrected chi connectivity index (χ0v) is 13.0. The second-order valence-electron chi connectivity index (χ2n) is 4.14. The number of thiocarbonyl (C=S) groups is 1. The van der Waals surface area contributed by atoms with Gasteiger partial charge in [0.05, 0.1) is 0 Å². The predicted octanol–water partition coefficient (Wildman–Crippen LogP) is 3.13. The summed E-state index contributed by atoms with van der Waals surface area (Å²) in [5.41, 5.74) is 5.94. The molecule has 0 amide bonds. The Kier molecular flexibility index (Phi) is 7.46. The number of rotatable bonds is 0. The van der Waals surface area contributed by atoms with Gasteiger partial charge < -0.3 is 0 Å². The molecule has 1 heterocycles. The number of thioether (sulfide) groups is 1. The normalized spacial score (nSPS) is 16.8. The van der Waals surface area contributed by atoms with Crippen LogP contribution in [0.1, 0.15) is 13.3 Å². The van der Waals surface area contributed by atoms with E-state index in [0.717, 1.165) is 29.2 Å². The van der Waals surface area contributed by atoms with E-state index in [0.29, 0.717) is 5.92 Å². The van der Waals surface area contributed by atoms with E-state index in [1.54, 1.807) is 0 Å². The van der Waals surface area contributed by atoms with E-state index in [-0.39, 0.29) is 0 Å². The molecular weight excluding hydrogens is 300 g/mol. The number of benzene rings is 1. The number of nitrogens with zero attached hydrogens (tertiary/aromatic N) is 1. The van der Waals surface area contributed by atoms with Gasteiger partial charge in [0.2, 0.25) is 0 Å². The molecule has 1 aromatic rings. The molecule has 2 N–H and O–H groups in total. The fourth-order valence-electron chi connectivity index (χ4n) is 1.46. The summed E-state index contributed by atoms with van der Waals surface area (Å²) < 4.78 is 24.6. The first-order valence-corrected chi connectivity index (χ1v) is 7.71. The molecule has 2 rings (SSSR count). The van der Waals surface area contributed by atoms with Crippen molar-refractivity contribution in [2.75, 3.05) is 12.8 Å². The average molecular weight is 317 g/mol. The second-order valence-corrected chi connectivity index (χ2v) is 5.62. The van der Waals surface area contributed by atoms with Crippen LogP contribution in [0.5, 0.6) is 0 Å². The minimum absolute atomic E-state index is 0.530. The van der Waals surface area contributed by atoms with Crippen molar-refractivity contribution < 1.29 is 8.78 Å². The van der Waals surface area contributed by atoms with E-state index in [1.807, 2.05) is 6.26 Å². The van der Waals surface area contributed by atoms with Crippen molar-refractivity contribution in [3.05, 3.63) is 35.9 Å². The Balaban J connectivity index is 0.000000217. The summed E-state index contributed by atoms with van der Waals surface area (Å²) in [5, 5.41) is 0. The molecule has 0 spiro atoms. The van der Waals surface area contributed by atoms with Crippen molar-refractivity contribution in [3.63, 3.8) is 0 Å². The Labute approximate surface area is 127 Å². The van der Waals surface area contributed by atoms with E-state index in [1.165, 1.54) is 30.0 Å². The molecule has 0 bridgehead atoms. The van der Waals surface area contributed by atoms with Crippen molar-refractivity contribution in [1.29, 1.82) is 0 Å². The van der Waals surface area contributed by atoms with E-state index in [2.05, 4.69) is 22.8 Å². The molecule has 0 saturated heterocycles. The third kappa shape index (κ3) is 6.29. The van der Waals surface area contributed by atoms with Crippen LogP contribution in [0.3, 0.4) is 0 Å². The summed E-state index contributed by atoms with van der Waals surface area (Å²) >= 11 is 6.48. The van der Waals surface area contributed by atoms with Crippen molar-refractivity contribution in [3.8, 4) is 0 Å². The van der Waals surface area contributed by atoms with Gasteiger partial charge in [-0.05, 0) is 24.8 Å². The van der Waals surface area contributed by atoms with Gasteiger partial charge in [-0.15, -0.1) is 0 Å². The number of aliphatic imine (C=N–C) groups is 1. The minimum atomic E-state index is -0.537. The predicted molar refractivity (Wildman–Crippen MR) is 84.8 cm³/mol. The van der Waals surface area contributed by atoms with Gasteiger partial charge in [-0.3, -0.25) is 15.8 Å². The molecule has 1 aliphatic heterocycles.